The van der Waals surface area contributed by atoms with E-state index in [9.17, 15) is 0 Å². The largest absolute Gasteiger partial charge is 0.378 e. The van der Waals surface area contributed by atoms with Crippen molar-refractivity contribution >= 4 is 5.82 Å². The Bertz CT molecular complexity index is 410. The fourth-order valence-corrected chi connectivity index (χ4v) is 2.86. The van der Waals surface area contributed by atoms with Crippen molar-refractivity contribution < 1.29 is 4.74 Å². The lowest BCUT2D eigenvalue weighted by molar-refractivity contribution is 0.122. The second kappa shape index (κ2) is 5.24. The summed E-state index contributed by atoms with van der Waals surface area (Å²) in [7, 11) is 0. The lowest BCUT2D eigenvalue weighted by Gasteiger charge is -2.29. The lowest BCUT2D eigenvalue weighted by Crippen LogP contribution is -2.37. The van der Waals surface area contributed by atoms with Gasteiger partial charge in [0.1, 0.15) is 5.82 Å². The van der Waals surface area contributed by atoms with Crippen molar-refractivity contribution in [2.45, 2.75) is 25.8 Å². The first-order valence-electron chi connectivity index (χ1n) is 6.87. The van der Waals surface area contributed by atoms with Gasteiger partial charge in [-0.3, -0.25) is 0 Å². The van der Waals surface area contributed by atoms with Crippen LogP contribution in [0.5, 0.6) is 0 Å². The van der Waals surface area contributed by atoms with Gasteiger partial charge < -0.3 is 15.0 Å². The molecule has 1 atom stereocenters. The molecule has 0 aromatic carbocycles. The summed E-state index contributed by atoms with van der Waals surface area (Å²) in [6, 6.07) is 2.80. The van der Waals surface area contributed by atoms with E-state index >= 15 is 0 Å². The number of hydrogen-bond acceptors (Lipinski definition) is 4. The van der Waals surface area contributed by atoms with Crippen LogP contribution in [0.3, 0.4) is 0 Å². The van der Waals surface area contributed by atoms with Gasteiger partial charge in [0.15, 0.2) is 0 Å². The van der Waals surface area contributed by atoms with Gasteiger partial charge in [-0.1, -0.05) is 0 Å². The number of pyridine rings is 1. The molecule has 0 aliphatic carbocycles. The molecule has 2 fully saturated rings. The van der Waals surface area contributed by atoms with Gasteiger partial charge in [0, 0.05) is 25.3 Å². The van der Waals surface area contributed by atoms with Crippen LogP contribution in [0.2, 0.25) is 0 Å². The Morgan fingerprint density at radius 2 is 2.22 bits per heavy atom. The van der Waals surface area contributed by atoms with Gasteiger partial charge in [-0.15, -0.1) is 0 Å². The third-order valence-corrected chi connectivity index (χ3v) is 3.85. The number of rotatable bonds is 2. The minimum absolute atomic E-state index is 0.509. The summed E-state index contributed by atoms with van der Waals surface area (Å²) >= 11 is 0. The van der Waals surface area contributed by atoms with Crippen LogP contribution >= 0.6 is 0 Å². The second-order valence-electron chi connectivity index (χ2n) is 5.16. The van der Waals surface area contributed by atoms with Gasteiger partial charge in [0.2, 0.25) is 0 Å². The summed E-state index contributed by atoms with van der Waals surface area (Å²) in [6.07, 6.45) is 4.55. The number of anilines is 1. The molecule has 0 radical (unpaired) electrons. The molecule has 0 spiro atoms. The predicted octanol–water partition coefficient (Wildman–Crippen LogP) is 1.65. The van der Waals surface area contributed by atoms with Crippen molar-refractivity contribution in [1.29, 1.82) is 0 Å². The molecule has 0 bridgehead atoms. The minimum atomic E-state index is 0.509. The number of morpholine rings is 1. The van der Waals surface area contributed by atoms with Crippen molar-refractivity contribution in [3.63, 3.8) is 0 Å². The zero-order chi connectivity index (χ0) is 12.4. The molecular formula is C14H21N3O. The highest BCUT2D eigenvalue weighted by atomic mass is 16.5. The summed E-state index contributed by atoms with van der Waals surface area (Å²) in [5.41, 5.74) is 2.62. The fraction of sp³-hybridized carbons (Fsp3) is 0.643. The SMILES string of the molecule is Cc1cc([C@@H]2CCCN2)cnc1N1CCOCC1. The molecular weight excluding hydrogens is 226 g/mol. The summed E-state index contributed by atoms with van der Waals surface area (Å²) < 4.78 is 5.39. The van der Waals surface area contributed by atoms with Crippen LogP contribution in [0.1, 0.15) is 30.0 Å². The van der Waals surface area contributed by atoms with Crippen LogP contribution in [-0.2, 0) is 4.74 Å². The van der Waals surface area contributed by atoms with Crippen molar-refractivity contribution in [2.75, 3.05) is 37.7 Å². The van der Waals surface area contributed by atoms with E-state index in [4.69, 9.17) is 4.74 Å². The van der Waals surface area contributed by atoms with Crippen LogP contribution in [0, 0.1) is 6.92 Å². The molecule has 1 N–H and O–H groups in total. The van der Waals surface area contributed by atoms with Crippen LogP contribution in [-0.4, -0.2) is 37.8 Å². The minimum Gasteiger partial charge on any atom is -0.378 e. The van der Waals surface area contributed by atoms with E-state index in [-0.39, 0.29) is 0 Å². The maximum absolute atomic E-state index is 5.39. The van der Waals surface area contributed by atoms with Crippen molar-refractivity contribution in [1.82, 2.24) is 10.3 Å². The molecule has 4 nitrogen and oxygen atoms in total. The highest BCUT2D eigenvalue weighted by Gasteiger charge is 2.19. The number of hydrogen-bond donors (Lipinski definition) is 1. The molecule has 0 unspecified atom stereocenters. The van der Waals surface area contributed by atoms with Crippen LogP contribution in [0.15, 0.2) is 12.3 Å². The fourth-order valence-electron chi connectivity index (χ4n) is 2.86. The third kappa shape index (κ3) is 2.35. The summed E-state index contributed by atoms with van der Waals surface area (Å²) in [5.74, 6) is 1.13. The van der Waals surface area contributed by atoms with E-state index in [1.165, 1.54) is 24.0 Å². The predicted molar refractivity (Wildman–Crippen MR) is 72.0 cm³/mol. The Labute approximate surface area is 108 Å². The first kappa shape index (κ1) is 11.9. The molecule has 0 amide bonds. The van der Waals surface area contributed by atoms with Crippen molar-refractivity contribution in [3.05, 3.63) is 23.4 Å². The summed E-state index contributed by atoms with van der Waals surface area (Å²) in [4.78, 5) is 7.00. The number of aryl methyl sites for hydroxylation is 1. The van der Waals surface area contributed by atoms with Crippen molar-refractivity contribution in [3.8, 4) is 0 Å². The van der Waals surface area contributed by atoms with Gasteiger partial charge in [-0.05, 0) is 43.5 Å². The zero-order valence-corrected chi connectivity index (χ0v) is 11.0. The normalized spacial score (nSPS) is 24.5. The summed E-state index contributed by atoms with van der Waals surface area (Å²) in [5, 5.41) is 3.53. The Kier molecular flexibility index (Phi) is 3.48. The highest BCUT2D eigenvalue weighted by Crippen LogP contribution is 2.26. The van der Waals surface area contributed by atoms with Crippen LogP contribution in [0.4, 0.5) is 5.82 Å². The van der Waals surface area contributed by atoms with Crippen LogP contribution in [0.25, 0.3) is 0 Å². The molecule has 2 aliphatic rings. The average Bonchev–Trinajstić information content (AvgIpc) is 2.93. The second-order valence-corrected chi connectivity index (χ2v) is 5.16. The first-order valence-corrected chi connectivity index (χ1v) is 6.87. The summed E-state index contributed by atoms with van der Waals surface area (Å²) in [6.45, 7) is 6.83. The van der Waals surface area contributed by atoms with E-state index in [0.29, 0.717) is 6.04 Å². The van der Waals surface area contributed by atoms with Gasteiger partial charge in [-0.2, -0.15) is 0 Å². The van der Waals surface area contributed by atoms with E-state index in [1.807, 2.05) is 6.20 Å². The third-order valence-electron chi connectivity index (χ3n) is 3.85. The van der Waals surface area contributed by atoms with Gasteiger partial charge in [-0.25, -0.2) is 4.98 Å². The number of nitrogens with zero attached hydrogens (tertiary/aromatic N) is 2. The van der Waals surface area contributed by atoms with Gasteiger partial charge in [0.25, 0.3) is 0 Å². The maximum atomic E-state index is 5.39. The quantitative estimate of drug-likeness (QED) is 0.862. The Morgan fingerprint density at radius 3 is 2.89 bits per heavy atom. The molecule has 18 heavy (non-hydrogen) atoms. The standard InChI is InChI=1S/C14H21N3O/c1-11-9-12(13-3-2-4-15-13)10-16-14(11)17-5-7-18-8-6-17/h9-10,13,15H,2-8H2,1H3/t13-/m0/s1. The monoisotopic (exact) mass is 247 g/mol. The van der Waals surface area contributed by atoms with E-state index < -0.39 is 0 Å². The van der Waals surface area contributed by atoms with Crippen molar-refractivity contribution in [2.24, 2.45) is 0 Å². The van der Waals surface area contributed by atoms with E-state index in [0.717, 1.165) is 38.7 Å². The Balaban J connectivity index is 1.79. The molecule has 0 saturated carbocycles. The topological polar surface area (TPSA) is 37.4 Å². The lowest BCUT2D eigenvalue weighted by atomic mass is 10.1. The molecule has 2 saturated heterocycles. The Morgan fingerprint density at radius 1 is 1.39 bits per heavy atom. The van der Waals surface area contributed by atoms with E-state index in [1.54, 1.807) is 0 Å². The maximum Gasteiger partial charge on any atom is 0.131 e. The molecule has 4 heteroatoms. The van der Waals surface area contributed by atoms with Gasteiger partial charge >= 0.3 is 0 Å². The number of nitrogens with one attached hydrogen (secondary N) is 1. The molecule has 98 valence electrons. The molecule has 1 aromatic heterocycles. The van der Waals surface area contributed by atoms with Gasteiger partial charge in [0.05, 0.1) is 13.2 Å². The Hall–Kier alpha value is -1.13. The van der Waals surface area contributed by atoms with E-state index in [2.05, 4.69) is 28.2 Å². The number of ether oxygens (including phenoxy) is 1. The first-order chi connectivity index (χ1) is 8.84. The molecule has 3 rings (SSSR count). The smallest absolute Gasteiger partial charge is 0.131 e. The van der Waals surface area contributed by atoms with Crippen LogP contribution < -0.4 is 10.2 Å². The average molecular weight is 247 g/mol. The molecule has 1 aromatic rings. The molecule has 2 aliphatic heterocycles. The molecule has 3 heterocycles. The zero-order valence-electron chi connectivity index (χ0n) is 11.0. The highest BCUT2D eigenvalue weighted by molar-refractivity contribution is 5.48. The number of aromatic nitrogens is 1.